The third kappa shape index (κ3) is 4.21. The molecule has 0 unspecified atom stereocenters. The van der Waals surface area contributed by atoms with E-state index in [2.05, 4.69) is 31.2 Å². The molecule has 4 heteroatoms. The first kappa shape index (κ1) is 18.0. The molecule has 0 amide bonds. The van der Waals surface area contributed by atoms with E-state index in [0.29, 0.717) is 6.61 Å². The Balaban J connectivity index is 0.00000220. The Morgan fingerprint density at radius 1 is 1.19 bits per heavy atom. The first-order valence-electron chi connectivity index (χ1n) is 7.44. The molecule has 0 heterocycles. The molecule has 1 aromatic carbocycles. The van der Waals surface area contributed by atoms with Gasteiger partial charge >= 0.3 is 5.97 Å². The molecule has 1 saturated carbocycles. The number of hydrogen-bond acceptors (Lipinski definition) is 3. The van der Waals surface area contributed by atoms with Crippen LogP contribution in [0.25, 0.3) is 0 Å². The number of carbonyl (C=O) groups excluding carboxylic acids is 1. The van der Waals surface area contributed by atoms with Crippen LogP contribution < -0.4 is 0 Å². The van der Waals surface area contributed by atoms with Crippen LogP contribution in [0.3, 0.4) is 0 Å². The van der Waals surface area contributed by atoms with Gasteiger partial charge < -0.3 is 9.64 Å². The van der Waals surface area contributed by atoms with Crippen molar-refractivity contribution in [1.29, 1.82) is 0 Å². The average molecular weight is 312 g/mol. The van der Waals surface area contributed by atoms with Crippen molar-refractivity contribution in [3.63, 3.8) is 0 Å². The minimum atomic E-state index is -0.403. The van der Waals surface area contributed by atoms with E-state index in [1.165, 1.54) is 5.56 Å². The van der Waals surface area contributed by atoms with Crippen LogP contribution in [0, 0.1) is 6.92 Å². The monoisotopic (exact) mass is 311 g/mol. The fourth-order valence-corrected chi connectivity index (χ4v) is 2.92. The maximum atomic E-state index is 12.6. The maximum absolute atomic E-state index is 12.6. The van der Waals surface area contributed by atoms with Gasteiger partial charge in [0.1, 0.15) is 6.61 Å². The predicted octanol–water partition coefficient (Wildman–Crippen LogP) is 3.33. The van der Waals surface area contributed by atoms with E-state index in [0.717, 1.165) is 37.8 Å². The third-order valence-corrected chi connectivity index (χ3v) is 4.22. The maximum Gasteiger partial charge on any atom is 0.316 e. The van der Waals surface area contributed by atoms with E-state index in [1.54, 1.807) is 0 Å². The van der Waals surface area contributed by atoms with E-state index in [9.17, 15) is 4.79 Å². The number of halogens is 1. The normalized spacial score (nSPS) is 16.6. The van der Waals surface area contributed by atoms with E-state index in [4.69, 9.17) is 4.74 Å². The first-order chi connectivity index (χ1) is 9.54. The third-order valence-electron chi connectivity index (χ3n) is 4.22. The summed E-state index contributed by atoms with van der Waals surface area (Å²) in [6.07, 6.45) is 4.04. The molecule has 21 heavy (non-hydrogen) atoms. The van der Waals surface area contributed by atoms with Crippen LogP contribution in [0.5, 0.6) is 0 Å². The molecule has 0 radical (unpaired) electrons. The number of ether oxygens (including phenoxy) is 1. The molecule has 2 rings (SSSR count). The number of likely N-dealkylation sites (N-methyl/N-ethyl adjacent to an activating group) is 1. The van der Waals surface area contributed by atoms with Crippen LogP contribution in [0.4, 0.5) is 0 Å². The number of nitrogens with zero attached hydrogens (tertiary/aromatic N) is 1. The van der Waals surface area contributed by atoms with Crippen molar-refractivity contribution in [3.8, 4) is 0 Å². The van der Waals surface area contributed by atoms with Gasteiger partial charge in [0.25, 0.3) is 0 Å². The summed E-state index contributed by atoms with van der Waals surface area (Å²) >= 11 is 0. The highest BCUT2D eigenvalue weighted by Crippen LogP contribution is 2.42. The smallest absolute Gasteiger partial charge is 0.316 e. The largest absolute Gasteiger partial charge is 0.464 e. The van der Waals surface area contributed by atoms with Gasteiger partial charge in [-0.25, -0.2) is 0 Å². The lowest BCUT2D eigenvalue weighted by atomic mass is 9.78. The van der Waals surface area contributed by atoms with Crippen LogP contribution in [0.2, 0.25) is 0 Å². The highest BCUT2D eigenvalue weighted by atomic mass is 35.5. The molecular formula is C17H26ClNO2. The van der Waals surface area contributed by atoms with Gasteiger partial charge in [-0.3, -0.25) is 4.79 Å². The quantitative estimate of drug-likeness (QED) is 0.781. The number of hydrogen-bond donors (Lipinski definition) is 0. The summed E-state index contributed by atoms with van der Waals surface area (Å²) < 4.78 is 5.54. The molecule has 1 fully saturated rings. The molecule has 1 aliphatic carbocycles. The molecule has 0 aromatic heterocycles. The zero-order valence-corrected chi connectivity index (χ0v) is 14.0. The van der Waals surface area contributed by atoms with Crippen LogP contribution in [-0.4, -0.2) is 38.1 Å². The van der Waals surface area contributed by atoms with Crippen molar-refractivity contribution >= 4 is 18.4 Å². The molecule has 3 nitrogen and oxygen atoms in total. The van der Waals surface area contributed by atoms with Crippen molar-refractivity contribution < 1.29 is 9.53 Å². The van der Waals surface area contributed by atoms with Gasteiger partial charge in [0.2, 0.25) is 0 Å². The zero-order chi connectivity index (χ0) is 14.6. The first-order valence-corrected chi connectivity index (χ1v) is 7.44. The van der Waals surface area contributed by atoms with Gasteiger partial charge in [0, 0.05) is 6.54 Å². The Morgan fingerprint density at radius 3 is 2.29 bits per heavy atom. The van der Waals surface area contributed by atoms with E-state index in [1.807, 2.05) is 19.0 Å². The van der Waals surface area contributed by atoms with Crippen molar-refractivity contribution in [2.45, 2.75) is 38.0 Å². The second-order valence-electron chi connectivity index (χ2n) is 6.09. The summed E-state index contributed by atoms with van der Waals surface area (Å²) in [7, 11) is 3.97. The number of carbonyl (C=O) groups is 1. The average Bonchev–Trinajstić information content (AvgIpc) is 2.89. The Bertz CT molecular complexity index is 450. The summed E-state index contributed by atoms with van der Waals surface area (Å²) in [5.41, 5.74) is 1.94. The van der Waals surface area contributed by atoms with E-state index < -0.39 is 5.41 Å². The second-order valence-corrected chi connectivity index (χ2v) is 6.09. The zero-order valence-electron chi connectivity index (χ0n) is 13.2. The van der Waals surface area contributed by atoms with Crippen molar-refractivity contribution in [1.82, 2.24) is 4.90 Å². The van der Waals surface area contributed by atoms with Gasteiger partial charge in [0.15, 0.2) is 0 Å². The lowest BCUT2D eigenvalue weighted by molar-refractivity contribution is -0.150. The molecule has 0 bridgehead atoms. The van der Waals surface area contributed by atoms with Gasteiger partial charge in [0.05, 0.1) is 5.41 Å². The van der Waals surface area contributed by atoms with Crippen molar-refractivity contribution in [2.75, 3.05) is 27.2 Å². The molecule has 0 atom stereocenters. The number of aryl methyl sites for hydroxylation is 1. The standard InChI is InChI=1S/C17H25NO2.ClH/c1-14-6-8-15(9-7-14)17(10-4-5-11-17)16(19)20-13-12-18(2)3;/h6-9H,4-5,10-13H2,1-3H3;1H. The van der Waals surface area contributed by atoms with Crippen LogP contribution in [-0.2, 0) is 14.9 Å². The Morgan fingerprint density at radius 2 is 1.76 bits per heavy atom. The fraction of sp³-hybridized carbons (Fsp3) is 0.588. The summed E-state index contributed by atoms with van der Waals surface area (Å²) in [6.45, 7) is 3.32. The molecule has 118 valence electrons. The number of benzene rings is 1. The summed E-state index contributed by atoms with van der Waals surface area (Å²) in [6, 6.07) is 8.35. The lowest BCUT2D eigenvalue weighted by Crippen LogP contribution is -2.36. The van der Waals surface area contributed by atoms with E-state index >= 15 is 0 Å². The van der Waals surface area contributed by atoms with Crippen molar-refractivity contribution in [3.05, 3.63) is 35.4 Å². The summed E-state index contributed by atoms with van der Waals surface area (Å²) in [5.74, 6) is -0.0410. The summed E-state index contributed by atoms with van der Waals surface area (Å²) in [4.78, 5) is 14.6. The minimum Gasteiger partial charge on any atom is -0.464 e. The molecule has 0 aliphatic heterocycles. The highest BCUT2D eigenvalue weighted by Gasteiger charge is 2.44. The number of esters is 1. The fourth-order valence-electron chi connectivity index (χ4n) is 2.92. The Labute approximate surface area is 134 Å². The topological polar surface area (TPSA) is 29.5 Å². The van der Waals surface area contributed by atoms with Crippen LogP contribution >= 0.6 is 12.4 Å². The molecular weight excluding hydrogens is 286 g/mol. The summed E-state index contributed by atoms with van der Waals surface area (Å²) in [5, 5.41) is 0. The lowest BCUT2D eigenvalue weighted by Gasteiger charge is -2.27. The second kappa shape index (κ2) is 7.81. The van der Waals surface area contributed by atoms with Gasteiger partial charge in [-0.05, 0) is 39.4 Å². The predicted molar refractivity (Wildman–Crippen MR) is 88.1 cm³/mol. The van der Waals surface area contributed by atoms with E-state index in [-0.39, 0.29) is 18.4 Å². The Kier molecular flexibility index (Phi) is 6.69. The molecule has 1 aliphatic rings. The van der Waals surface area contributed by atoms with Gasteiger partial charge in [-0.1, -0.05) is 42.7 Å². The molecule has 0 saturated heterocycles. The Hall–Kier alpha value is -1.06. The molecule has 0 N–H and O–H groups in total. The number of rotatable bonds is 5. The van der Waals surface area contributed by atoms with Gasteiger partial charge in [-0.15, -0.1) is 12.4 Å². The molecule has 0 spiro atoms. The van der Waals surface area contributed by atoms with Gasteiger partial charge in [-0.2, -0.15) is 0 Å². The SMILES string of the molecule is Cc1ccc(C2(C(=O)OCCN(C)C)CCCC2)cc1.Cl. The van der Waals surface area contributed by atoms with Crippen molar-refractivity contribution in [2.24, 2.45) is 0 Å². The van der Waals surface area contributed by atoms with Crippen LogP contribution in [0.15, 0.2) is 24.3 Å². The molecule has 1 aromatic rings. The highest BCUT2D eigenvalue weighted by molar-refractivity contribution is 5.85. The van der Waals surface area contributed by atoms with Crippen LogP contribution in [0.1, 0.15) is 36.8 Å². The minimum absolute atomic E-state index is 0.